The number of fused-ring (bicyclic) bond motifs is 1. The van der Waals surface area contributed by atoms with Crippen LogP contribution in [0.25, 0.3) is 16.6 Å². The minimum Gasteiger partial charge on any atom is -0.360 e. The minimum atomic E-state index is -0.225. The van der Waals surface area contributed by atoms with Gasteiger partial charge in [-0.3, -0.25) is 20.6 Å². The number of nitrogens with zero attached hydrogens (tertiary/aromatic N) is 1. The molecule has 3 N–H and O–H groups in total. The van der Waals surface area contributed by atoms with Gasteiger partial charge < -0.3 is 4.98 Å². The average molecular weight is 278 g/mol. The Balaban J connectivity index is 1.71. The standard InChI is InChI=1S/C16H14N4O/c1-11(12-5-4-8-17-9-12)19-20-16(21)14-10-18-15-7-3-2-6-13(14)15/h2-10,18-19H,1H2,(H,20,21). The van der Waals surface area contributed by atoms with Gasteiger partial charge in [-0.2, -0.15) is 0 Å². The first-order valence-corrected chi connectivity index (χ1v) is 6.47. The lowest BCUT2D eigenvalue weighted by atomic mass is 10.2. The molecule has 3 aromatic rings. The highest BCUT2D eigenvalue weighted by Gasteiger charge is 2.11. The molecule has 0 radical (unpaired) electrons. The molecule has 0 aliphatic heterocycles. The van der Waals surface area contributed by atoms with E-state index in [-0.39, 0.29) is 5.91 Å². The van der Waals surface area contributed by atoms with E-state index in [0.717, 1.165) is 16.5 Å². The second-order valence-corrected chi connectivity index (χ2v) is 4.55. The van der Waals surface area contributed by atoms with Crippen LogP contribution >= 0.6 is 0 Å². The molecule has 0 fully saturated rings. The van der Waals surface area contributed by atoms with E-state index in [1.165, 1.54) is 0 Å². The van der Waals surface area contributed by atoms with Crippen LogP contribution in [0, 0.1) is 0 Å². The van der Waals surface area contributed by atoms with Gasteiger partial charge >= 0.3 is 0 Å². The number of hydrogen-bond acceptors (Lipinski definition) is 3. The molecule has 21 heavy (non-hydrogen) atoms. The Hall–Kier alpha value is -3.08. The summed E-state index contributed by atoms with van der Waals surface area (Å²) in [7, 11) is 0. The van der Waals surface area contributed by atoms with Crippen LogP contribution in [0.2, 0.25) is 0 Å². The Kier molecular flexibility index (Phi) is 3.39. The largest absolute Gasteiger partial charge is 0.360 e. The number of pyridine rings is 1. The number of hydrogen-bond donors (Lipinski definition) is 3. The summed E-state index contributed by atoms with van der Waals surface area (Å²) in [6.07, 6.45) is 5.04. The molecule has 2 heterocycles. The Labute approximate surface area is 121 Å². The fourth-order valence-electron chi connectivity index (χ4n) is 2.07. The first kappa shape index (κ1) is 12.9. The molecule has 1 amide bonds. The van der Waals surface area contributed by atoms with Gasteiger partial charge in [-0.05, 0) is 18.2 Å². The molecule has 0 spiro atoms. The summed E-state index contributed by atoms with van der Waals surface area (Å²) in [5, 5.41) is 0.879. The molecule has 0 saturated carbocycles. The molecule has 1 aromatic carbocycles. The van der Waals surface area contributed by atoms with E-state index in [4.69, 9.17) is 0 Å². The zero-order valence-corrected chi connectivity index (χ0v) is 11.3. The highest BCUT2D eigenvalue weighted by molar-refractivity contribution is 6.06. The molecule has 2 aromatic heterocycles. The van der Waals surface area contributed by atoms with Gasteiger partial charge in [-0.15, -0.1) is 0 Å². The predicted octanol–water partition coefficient (Wildman–Crippen LogP) is 2.47. The molecule has 5 heteroatoms. The SMILES string of the molecule is C=C(NNC(=O)c1c[nH]c2ccccc12)c1cccnc1. The van der Waals surface area contributed by atoms with E-state index < -0.39 is 0 Å². The van der Waals surface area contributed by atoms with E-state index in [1.807, 2.05) is 36.4 Å². The van der Waals surface area contributed by atoms with Crippen molar-refractivity contribution in [1.82, 2.24) is 20.8 Å². The van der Waals surface area contributed by atoms with E-state index >= 15 is 0 Å². The van der Waals surface area contributed by atoms with Gasteiger partial charge in [0.25, 0.3) is 5.91 Å². The number of nitrogens with one attached hydrogen (secondary N) is 3. The molecule has 0 bridgehead atoms. The molecule has 3 rings (SSSR count). The van der Waals surface area contributed by atoms with Crippen LogP contribution < -0.4 is 10.9 Å². The topological polar surface area (TPSA) is 69.8 Å². The molecule has 104 valence electrons. The minimum absolute atomic E-state index is 0.225. The van der Waals surface area contributed by atoms with Gasteiger partial charge in [0.05, 0.1) is 11.3 Å². The number of hydrazine groups is 1. The van der Waals surface area contributed by atoms with Crippen LogP contribution in [0.15, 0.2) is 61.6 Å². The average Bonchev–Trinajstić information content (AvgIpc) is 2.97. The van der Waals surface area contributed by atoms with Gasteiger partial charge in [-0.25, -0.2) is 0 Å². The summed E-state index contributed by atoms with van der Waals surface area (Å²) in [5.41, 5.74) is 8.34. The second kappa shape index (κ2) is 5.50. The molecule has 0 aliphatic rings. The lowest BCUT2D eigenvalue weighted by Gasteiger charge is -2.10. The van der Waals surface area contributed by atoms with Crippen LogP contribution in [-0.4, -0.2) is 15.9 Å². The van der Waals surface area contributed by atoms with E-state index in [0.29, 0.717) is 11.3 Å². The predicted molar refractivity (Wildman–Crippen MR) is 82.2 cm³/mol. The van der Waals surface area contributed by atoms with Crippen LogP contribution in [0.4, 0.5) is 0 Å². The molecular weight excluding hydrogens is 264 g/mol. The molecule has 5 nitrogen and oxygen atoms in total. The maximum Gasteiger partial charge on any atom is 0.271 e. The fourth-order valence-corrected chi connectivity index (χ4v) is 2.07. The summed E-state index contributed by atoms with van der Waals surface area (Å²) in [6.45, 7) is 3.87. The number of amides is 1. The third-order valence-electron chi connectivity index (χ3n) is 3.17. The summed E-state index contributed by atoms with van der Waals surface area (Å²) in [6, 6.07) is 11.3. The number of aromatic nitrogens is 2. The highest BCUT2D eigenvalue weighted by Crippen LogP contribution is 2.17. The van der Waals surface area contributed by atoms with Crippen molar-refractivity contribution < 1.29 is 4.79 Å². The third kappa shape index (κ3) is 2.62. The highest BCUT2D eigenvalue weighted by atomic mass is 16.2. The number of carbonyl (C=O) groups is 1. The molecule has 0 unspecified atom stereocenters. The lowest BCUT2D eigenvalue weighted by Crippen LogP contribution is -2.35. The first-order valence-electron chi connectivity index (χ1n) is 6.47. The van der Waals surface area contributed by atoms with Gasteiger partial charge in [0.2, 0.25) is 0 Å². The fraction of sp³-hybridized carbons (Fsp3) is 0. The van der Waals surface area contributed by atoms with Gasteiger partial charge in [0, 0.05) is 35.1 Å². The maximum absolute atomic E-state index is 12.2. The van der Waals surface area contributed by atoms with Gasteiger partial charge in [-0.1, -0.05) is 24.8 Å². The molecule has 0 saturated heterocycles. The quantitative estimate of drug-likeness (QED) is 0.642. The van der Waals surface area contributed by atoms with Crippen molar-refractivity contribution in [3.63, 3.8) is 0 Å². The zero-order valence-electron chi connectivity index (χ0n) is 11.3. The number of rotatable bonds is 4. The van der Waals surface area contributed by atoms with Crippen molar-refractivity contribution in [2.45, 2.75) is 0 Å². The van der Waals surface area contributed by atoms with Crippen LogP contribution in [0.3, 0.4) is 0 Å². The number of para-hydroxylation sites is 1. The van der Waals surface area contributed by atoms with Gasteiger partial charge in [0.1, 0.15) is 0 Å². The normalized spacial score (nSPS) is 10.3. The first-order chi connectivity index (χ1) is 10.3. The third-order valence-corrected chi connectivity index (χ3v) is 3.17. The Bertz CT molecular complexity index is 792. The number of aromatic amines is 1. The zero-order chi connectivity index (χ0) is 14.7. The number of H-pyrrole nitrogens is 1. The van der Waals surface area contributed by atoms with Crippen molar-refractivity contribution in [2.75, 3.05) is 0 Å². The van der Waals surface area contributed by atoms with Crippen LogP contribution in [0.5, 0.6) is 0 Å². The summed E-state index contributed by atoms with van der Waals surface area (Å²) >= 11 is 0. The maximum atomic E-state index is 12.2. The summed E-state index contributed by atoms with van der Waals surface area (Å²) in [5.74, 6) is -0.225. The van der Waals surface area contributed by atoms with E-state index in [9.17, 15) is 4.79 Å². The van der Waals surface area contributed by atoms with Crippen molar-refractivity contribution in [2.24, 2.45) is 0 Å². The van der Waals surface area contributed by atoms with E-state index in [2.05, 4.69) is 27.4 Å². The summed E-state index contributed by atoms with van der Waals surface area (Å²) < 4.78 is 0. The van der Waals surface area contributed by atoms with Crippen LogP contribution in [-0.2, 0) is 0 Å². The monoisotopic (exact) mass is 278 g/mol. The number of carbonyl (C=O) groups excluding carboxylic acids is 1. The summed E-state index contributed by atoms with van der Waals surface area (Å²) in [4.78, 5) is 19.3. The van der Waals surface area contributed by atoms with Crippen LogP contribution in [0.1, 0.15) is 15.9 Å². The second-order valence-electron chi connectivity index (χ2n) is 4.55. The molecule has 0 atom stereocenters. The molecule has 0 aliphatic carbocycles. The van der Waals surface area contributed by atoms with Crippen molar-refractivity contribution >= 4 is 22.5 Å². The smallest absolute Gasteiger partial charge is 0.271 e. The molecular formula is C16H14N4O. The van der Waals surface area contributed by atoms with E-state index in [1.54, 1.807) is 18.6 Å². The Morgan fingerprint density at radius 3 is 2.81 bits per heavy atom. The Morgan fingerprint density at radius 1 is 1.14 bits per heavy atom. The number of benzene rings is 1. The van der Waals surface area contributed by atoms with Crippen molar-refractivity contribution in [3.05, 3.63) is 72.7 Å². The van der Waals surface area contributed by atoms with Gasteiger partial charge in [0.15, 0.2) is 0 Å². The van der Waals surface area contributed by atoms with Crippen molar-refractivity contribution in [1.29, 1.82) is 0 Å². The van der Waals surface area contributed by atoms with Crippen molar-refractivity contribution in [3.8, 4) is 0 Å². The Morgan fingerprint density at radius 2 is 2.00 bits per heavy atom. The lowest BCUT2D eigenvalue weighted by molar-refractivity contribution is 0.0944.